The Morgan fingerprint density at radius 2 is 1.78 bits per heavy atom. The third kappa shape index (κ3) is 5.98. The van der Waals surface area contributed by atoms with Crippen LogP contribution in [0.5, 0.6) is 0 Å². The maximum atomic E-state index is 11.9. The molecule has 2 rings (SSSR count). The molecule has 134 valence electrons. The first-order chi connectivity index (χ1) is 11.1. The van der Waals surface area contributed by atoms with Crippen LogP contribution >= 0.6 is 0 Å². The number of piperidine rings is 1. The van der Waals surface area contributed by atoms with Crippen LogP contribution in [0.4, 0.5) is 4.79 Å². The predicted molar refractivity (Wildman–Crippen MR) is 96.3 cm³/mol. The zero-order valence-electron chi connectivity index (χ0n) is 15.2. The predicted octanol–water partition coefficient (Wildman–Crippen LogP) is 3.75. The van der Waals surface area contributed by atoms with Gasteiger partial charge in [-0.15, -0.1) is 0 Å². The molecule has 1 saturated carbocycles. The summed E-state index contributed by atoms with van der Waals surface area (Å²) in [5.74, 6) is 2.08. The van der Waals surface area contributed by atoms with Gasteiger partial charge in [0.15, 0.2) is 0 Å². The second kappa shape index (κ2) is 9.51. The summed E-state index contributed by atoms with van der Waals surface area (Å²) in [5.41, 5.74) is 5.67. The average molecular weight is 324 g/mol. The van der Waals surface area contributed by atoms with E-state index in [2.05, 4.69) is 19.2 Å². The molecule has 1 aliphatic heterocycles. The molecule has 0 aromatic heterocycles. The molecule has 4 nitrogen and oxygen atoms in total. The third-order valence-electron chi connectivity index (χ3n) is 5.70. The maximum Gasteiger partial charge on any atom is 0.315 e. The molecule has 2 amide bonds. The van der Waals surface area contributed by atoms with E-state index in [1.165, 1.54) is 44.9 Å². The van der Waals surface area contributed by atoms with Gasteiger partial charge in [-0.1, -0.05) is 46.0 Å². The molecule has 0 aromatic carbocycles. The van der Waals surface area contributed by atoms with E-state index in [0.29, 0.717) is 17.9 Å². The Balaban J connectivity index is 1.98. The monoisotopic (exact) mass is 323 g/mol. The molecule has 1 heterocycles. The molecule has 0 radical (unpaired) electrons. The van der Waals surface area contributed by atoms with E-state index in [9.17, 15) is 4.79 Å². The minimum atomic E-state index is -0.216. The fraction of sp³-hybridized carbons (Fsp3) is 0.947. The SMILES string of the molecule is CC(C)CNCC(CC1CCCCC1)C1CCCCN1C(N)=O. The summed E-state index contributed by atoms with van der Waals surface area (Å²) in [6.07, 6.45) is 11.7. The van der Waals surface area contributed by atoms with Gasteiger partial charge in [0.2, 0.25) is 0 Å². The first kappa shape index (κ1) is 18.6. The second-order valence-corrected chi connectivity index (χ2v) is 8.15. The molecule has 2 aliphatic rings. The van der Waals surface area contributed by atoms with Crippen molar-refractivity contribution in [3.8, 4) is 0 Å². The minimum absolute atomic E-state index is 0.216. The molecule has 23 heavy (non-hydrogen) atoms. The maximum absolute atomic E-state index is 11.9. The van der Waals surface area contributed by atoms with E-state index in [4.69, 9.17) is 5.73 Å². The van der Waals surface area contributed by atoms with Crippen LogP contribution in [0, 0.1) is 17.8 Å². The normalized spacial score (nSPS) is 24.8. The standard InChI is InChI=1S/C19H37N3O/c1-15(2)13-21-14-17(12-16-8-4-3-5-9-16)18-10-6-7-11-22(18)19(20)23/h15-18,21H,3-14H2,1-2H3,(H2,20,23). The molecule has 2 unspecified atom stereocenters. The summed E-state index contributed by atoms with van der Waals surface area (Å²) in [7, 11) is 0. The zero-order chi connectivity index (χ0) is 16.7. The fourth-order valence-corrected chi connectivity index (χ4v) is 4.51. The number of hydrogen-bond acceptors (Lipinski definition) is 2. The van der Waals surface area contributed by atoms with Crippen molar-refractivity contribution in [1.82, 2.24) is 10.2 Å². The Morgan fingerprint density at radius 3 is 2.43 bits per heavy atom. The molecular formula is C19H37N3O. The van der Waals surface area contributed by atoms with Crippen molar-refractivity contribution in [1.29, 1.82) is 0 Å². The van der Waals surface area contributed by atoms with Crippen LogP contribution < -0.4 is 11.1 Å². The van der Waals surface area contributed by atoms with Crippen molar-refractivity contribution in [2.75, 3.05) is 19.6 Å². The first-order valence-corrected chi connectivity index (χ1v) is 9.84. The van der Waals surface area contributed by atoms with E-state index in [-0.39, 0.29) is 6.03 Å². The topological polar surface area (TPSA) is 58.4 Å². The molecule has 0 spiro atoms. The Bertz CT molecular complexity index is 353. The van der Waals surface area contributed by atoms with Crippen molar-refractivity contribution in [2.24, 2.45) is 23.5 Å². The summed E-state index contributed by atoms with van der Waals surface area (Å²) >= 11 is 0. The largest absolute Gasteiger partial charge is 0.351 e. The minimum Gasteiger partial charge on any atom is -0.351 e. The van der Waals surface area contributed by atoms with Crippen LogP contribution in [0.15, 0.2) is 0 Å². The van der Waals surface area contributed by atoms with Crippen LogP contribution in [0.3, 0.4) is 0 Å². The van der Waals surface area contributed by atoms with Crippen LogP contribution in [0.1, 0.15) is 71.6 Å². The van der Waals surface area contributed by atoms with E-state index in [0.717, 1.165) is 38.4 Å². The number of hydrogen-bond donors (Lipinski definition) is 2. The van der Waals surface area contributed by atoms with Gasteiger partial charge in [-0.05, 0) is 56.5 Å². The molecule has 4 heteroatoms. The van der Waals surface area contributed by atoms with Gasteiger partial charge in [0, 0.05) is 12.6 Å². The Hall–Kier alpha value is -0.770. The van der Waals surface area contributed by atoms with Crippen molar-refractivity contribution < 1.29 is 4.79 Å². The smallest absolute Gasteiger partial charge is 0.315 e. The van der Waals surface area contributed by atoms with Gasteiger partial charge < -0.3 is 16.0 Å². The van der Waals surface area contributed by atoms with Gasteiger partial charge in [0.05, 0.1) is 0 Å². The van der Waals surface area contributed by atoms with Crippen molar-refractivity contribution in [3.63, 3.8) is 0 Å². The molecule has 2 fully saturated rings. The third-order valence-corrected chi connectivity index (χ3v) is 5.70. The Morgan fingerprint density at radius 1 is 1.09 bits per heavy atom. The van der Waals surface area contributed by atoms with Gasteiger partial charge in [0.1, 0.15) is 0 Å². The highest BCUT2D eigenvalue weighted by Gasteiger charge is 2.33. The number of primary amides is 1. The summed E-state index contributed by atoms with van der Waals surface area (Å²) in [5, 5.41) is 3.65. The number of amides is 2. The van der Waals surface area contributed by atoms with E-state index >= 15 is 0 Å². The molecule has 2 atom stereocenters. The Labute approximate surface area is 142 Å². The lowest BCUT2D eigenvalue weighted by Gasteiger charge is -2.41. The second-order valence-electron chi connectivity index (χ2n) is 8.15. The number of nitrogens with zero attached hydrogens (tertiary/aromatic N) is 1. The lowest BCUT2D eigenvalue weighted by molar-refractivity contribution is 0.107. The van der Waals surface area contributed by atoms with Crippen LogP contribution in [-0.2, 0) is 0 Å². The van der Waals surface area contributed by atoms with Crippen molar-refractivity contribution >= 4 is 6.03 Å². The van der Waals surface area contributed by atoms with E-state index in [1.54, 1.807) is 0 Å². The number of carbonyl (C=O) groups excluding carboxylic acids is 1. The summed E-state index contributed by atoms with van der Waals surface area (Å²) < 4.78 is 0. The van der Waals surface area contributed by atoms with Crippen molar-refractivity contribution in [2.45, 2.75) is 77.7 Å². The number of urea groups is 1. The van der Waals surface area contributed by atoms with Crippen LogP contribution in [0.25, 0.3) is 0 Å². The van der Waals surface area contributed by atoms with Crippen molar-refractivity contribution in [3.05, 3.63) is 0 Å². The number of nitrogens with one attached hydrogen (secondary N) is 1. The first-order valence-electron chi connectivity index (χ1n) is 9.84. The van der Waals surface area contributed by atoms with Gasteiger partial charge in [-0.2, -0.15) is 0 Å². The van der Waals surface area contributed by atoms with Gasteiger partial charge >= 0.3 is 6.03 Å². The number of likely N-dealkylation sites (tertiary alicyclic amines) is 1. The quantitative estimate of drug-likeness (QED) is 0.749. The number of rotatable bonds is 7. The van der Waals surface area contributed by atoms with E-state index in [1.807, 2.05) is 4.90 Å². The molecule has 1 aliphatic carbocycles. The van der Waals surface area contributed by atoms with Gasteiger partial charge in [0.25, 0.3) is 0 Å². The Kier molecular flexibility index (Phi) is 7.68. The summed E-state index contributed by atoms with van der Waals surface area (Å²) in [4.78, 5) is 13.8. The van der Waals surface area contributed by atoms with Crippen LogP contribution in [-0.4, -0.2) is 36.6 Å². The highest BCUT2D eigenvalue weighted by molar-refractivity contribution is 5.72. The lowest BCUT2D eigenvalue weighted by atomic mass is 9.78. The molecule has 0 bridgehead atoms. The highest BCUT2D eigenvalue weighted by Crippen LogP contribution is 2.33. The average Bonchev–Trinajstić information content (AvgIpc) is 2.54. The van der Waals surface area contributed by atoms with Gasteiger partial charge in [-0.3, -0.25) is 0 Å². The van der Waals surface area contributed by atoms with E-state index < -0.39 is 0 Å². The summed E-state index contributed by atoms with van der Waals surface area (Å²) in [6, 6.07) is 0.134. The molecule has 1 saturated heterocycles. The van der Waals surface area contributed by atoms with Gasteiger partial charge in [-0.25, -0.2) is 4.79 Å². The lowest BCUT2D eigenvalue weighted by Crippen LogP contribution is -2.52. The fourth-order valence-electron chi connectivity index (χ4n) is 4.51. The molecular weight excluding hydrogens is 286 g/mol. The summed E-state index contributed by atoms with van der Waals surface area (Å²) in [6.45, 7) is 7.44. The molecule has 0 aromatic rings. The number of carbonyl (C=O) groups is 1. The number of nitrogens with two attached hydrogens (primary N) is 1. The highest BCUT2D eigenvalue weighted by atomic mass is 16.2. The molecule has 3 N–H and O–H groups in total. The van der Waals surface area contributed by atoms with Crippen LogP contribution in [0.2, 0.25) is 0 Å². The zero-order valence-corrected chi connectivity index (χ0v) is 15.2.